The zero-order chi connectivity index (χ0) is 17.8. The number of nitrogens with one attached hydrogen (secondary N) is 2. The van der Waals surface area contributed by atoms with Crippen LogP contribution in [0.15, 0.2) is 42.5 Å². The summed E-state index contributed by atoms with van der Waals surface area (Å²) in [7, 11) is 0. The molecule has 0 saturated carbocycles. The van der Waals surface area contributed by atoms with Crippen molar-refractivity contribution in [3.8, 4) is 5.75 Å². The number of H-pyrrole nitrogens is 1. The molecule has 25 heavy (non-hydrogen) atoms. The molecule has 2 N–H and O–H groups in total. The number of aromatic nitrogens is 2. The predicted molar refractivity (Wildman–Crippen MR) is 91.8 cm³/mol. The summed E-state index contributed by atoms with van der Waals surface area (Å²) < 4.78 is 5.56. The molecule has 0 atom stereocenters. The first-order valence-electron chi connectivity index (χ1n) is 7.65. The number of nitro benzene ring substituents is 1. The van der Waals surface area contributed by atoms with Crippen molar-refractivity contribution in [2.75, 3.05) is 13.2 Å². The van der Waals surface area contributed by atoms with Crippen LogP contribution in [0, 0.1) is 17.0 Å². The summed E-state index contributed by atoms with van der Waals surface area (Å²) in [4.78, 5) is 22.6. The van der Waals surface area contributed by atoms with Gasteiger partial charge in [0.15, 0.2) is 5.69 Å². The standard InChI is InChI=1S/C17H16N4O4/c1-11-3-2-4-13(9-11)25-8-7-18-17(22)16-14-10-12(21(23)24)5-6-15(14)19-20-16/h2-6,9-10H,7-8H2,1H3,(H,18,22)(H,19,20). The number of benzene rings is 2. The number of aryl methyl sites for hydroxylation is 1. The fraction of sp³-hybridized carbons (Fsp3) is 0.176. The molecule has 0 saturated heterocycles. The number of rotatable bonds is 6. The summed E-state index contributed by atoms with van der Waals surface area (Å²) in [6.07, 6.45) is 0. The Balaban J connectivity index is 1.62. The van der Waals surface area contributed by atoms with Crippen LogP contribution in [0.4, 0.5) is 5.69 Å². The van der Waals surface area contributed by atoms with Gasteiger partial charge in [-0.15, -0.1) is 0 Å². The van der Waals surface area contributed by atoms with Crippen molar-refractivity contribution in [1.29, 1.82) is 0 Å². The molecular formula is C17H16N4O4. The molecule has 0 spiro atoms. The van der Waals surface area contributed by atoms with Crippen LogP contribution < -0.4 is 10.1 Å². The fourth-order valence-corrected chi connectivity index (χ4v) is 2.41. The number of hydrogen-bond donors (Lipinski definition) is 2. The monoisotopic (exact) mass is 340 g/mol. The van der Waals surface area contributed by atoms with Gasteiger partial charge in [0.1, 0.15) is 12.4 Å². The number of carbonyl (C=O) groups is 1. The van der Waals surface area contributed by atoms with Gasteiger partial charge < -0.3 is 10.1 Å². The molecule has 0 radical (unpaired) electrons. The van der Waals surface area contributed by atoms with Crippen LogP contribution in [0.1, 0.15) is 16.1 Å². The Morgan fingerprint density at radius 1 is 1.32 bits per heavy atom. The highest BCUT2D eigenvalue weighted by Gasteiger charge is 2.16. The number of ether oxygens (including phenoxy) is 1. The molecule has 128 valence electrons. The molecule has 0 aliphatic heterocycles. The number of nitrogens with zero attached hydrogens (tertiary/aromatic N) is 2. The lowest BCUT2D eigenvalue weighted by Gasteiger charge is -2.07. The average Bonchev–Trinajstić information content (AvgIpc) is 3.01. The molecular weight excluding hydrogens is 324 g/mol. The maximum absolute atomic E-state index is 12.2. The van der Waals surface area contributed by atoms with Crippen molar-refractivity contribution >= 4 is 22.5 Å². The second kappa shape index (κ2) is 7.00. The van der Waals surface area contributed by atoms with E-state index in [1.165, 1.54) is 18.2 Å². The first-order valence-corrected chi connectivity index (χ1v) is 7.65. The molecule has 8 heteroatoms. The largest absolute Gasteiger partial charge is 0.492 e. The smallest absolute Gasteiger partial charge is 0.272 e. The molecule has 0 aliphatic rings. The number of nitro groups is 1. The minimum atomic E-state index is -0.510. The van der Waals surface area contributed by atoms with Crippen molar-refractivity contribution < 1.29 is 14.5 Å². The van der Waals surface area contributed by atoms with E-state index in [9.17, 15) is 14.9 Å². The highest BCUT2D eigenvalue weighted by Crippen LogP contribution is 2.22. The third-order valence-corrected chi connectivity index (χ3v) is 3.62. The molecule has 1 amide bonds. The normalized spacial score (nSPS) is 10.6. The van der Waals surface area contributed by atoms with Gasteiger partial charge in [0.25, 0.3) is 11.6 Å². The Bertz CT molecular complexity index is 935. The van der Waals surface area contributed by atoms with Gasteiger partial charge in [-0.2, -0.15) is 5.10 Å². The molecule has 8 nitrogen and oxygen atoms in total. The molecule has 0 bridgehead atoms. The fourth-order valence-electron chi connectivity index (χ4n) is 2.41. The average molecular weight is 340 g/mol. The van der Waals surface area contributed by atoms with Gasteiger partial charge in [0, 0.05) is 17.5 Å². The zero-order valence-electron chi connectivity index (χ0n) is 13.5. The SMILES string of the molecule is Cc1cccc(OCCNC(=O)c2n[nH]c3ccc([N+](=O)[O-])cc23)c1. The highest BCUT2D eigenvalue weighted by molar-refractivity contribution is 6.05. The Kier molecular flexibility index (Phi) is 4.60. The van der Waals surface area contributed by atoms with Crippen molar-refractivity contribution in [2.24, 2.45) is 0 Å². The van der Waals surface area contributed by atoms with E-state index in [0.29, 0.717) is 17.5 Å². The van der Waals surface area contributed by atoms with Gasteiger partial charge in [0.05, 0.1) is 17.0 Å². The van der Waals surface area contributed by atoms with Gasteiger partial charge in [-0.3, -0.25) is 20.0 Å². The van der Waals surface area contributed by atoms with Crippen LogP contribution in [0.2, 0.25) is 0 Å². The van der Waals surface area contributed by atoms with Crippen molar-refractivity contribution in [1.82, 2.24) is 15.5 Å². The predicted octanol–water partition coefficient (Wildman–Crippen LogP) is 2.59. The quantitative estimate of drug-likeness (QED) is 0.407. The maximum atomic E-state index is 12.2. The topological polar surface area (TPSA) is 110 Å². The van der Waals surface area contributed by atoms with Crippen LogP contribution in [-0.2, 0) is 0 Å². The summed E-state index contributed by atoms with van der Waals surface area (Å²) in [5, 5.41) is 20.6. The second-order valence-corrected chi connectivity index (χ2v) is 5.48. The first kappa shape index (κ1) is 16.4. The molecule has 3 aromatic rings. The van der Waals surface area contributed by atoms with Crippen LogP contribution in [0.5, 0.6) is 5.75 Å². The van der Waals surface area contributed by atoms with E-state index in [0.717, 1.165) is 11.3 Å². The van der Waals surface area contributed by atoms with E-state index in [4.69, 9.17) is 4.74 Å². The van der Waals surface area contributed by atoms with Gasteiger partial charge in [-0.05, 0) is 30.7 Å². The summed E-state index contributed by atoms with van der Waals surface area (Å²) in [6.45, 7) is 2.56. The van der Waals surface area contributed by atoms with Gasteiger partial charge in [-0.25, -0.2) is 0 Å². The summed E-state index contributed by atoms with van der Waals surface area (Å²) in [6, 6.07) is 11.8. The van der Waals surface area contributed by atoms with Crippen molar-refractivity contribution in [3.63, 3.8) is 0 Å². The molecule has 0 unspecified atom stereocenters. The number of carbonyl (C=O) groups excluding carboxylic acids is 1. The van der Waals surface area contributed by atoms with Crippen LogP contribution in [0.25, 0.3) is 10.9 Å². The Morgan fingerprint density at radius 3 is 2.92 bits per heavy atom. The number of non-ortho nitro benzene ring substituents is 1. The lowest BCUT2D eigenvalue weighted by atomic mass is 10.2. The summed E-state index contributed by atoms with van der Waals surface area (Å²) >= 11 is 0. The van der Waals surface area contributed by atoms with E-state index in [-0.39, 0.29) is 17.9 Å². The molecule has 1 heterocycles. The van der Waals surface area contributed by atoms with Gasteiger partial charge >= 0.3 is 0 Å². The lowest BCUT2D eigenvalue weighted by molar-refractivity contribution is -0.384. The lowest BCUT2D eigenvalue weighted by Crippen LogP contribution is -2.28. The van der Waals surface area contributed by atoms with Gasteiger partial charge in [-0.1, -0.05) is 12.1 Å². The van der Waals surface area contributed by atoms with E-state index in [2.05, 4.69) is 15.5 Å². The number of fused-ring (bicyclic) bond motifs is 1. The molecule has 0 fully saturated rings. The minimum Gasteiger partial charge on any atom is -0.492 e. The summed E-state index contributed by atoms with van der Waals surface area (Å²) in [5.74, 6) is 0.315. The van der Waals surface area contributed by atoms with E-state index < -0.39 is 10.8 Å². The van der Waals surface area contributed by atoms with E-state index in [1.807, 2.05) is 31.2 Å². The summed E-state index contributed by atoms with van der Waals surface area (Å²) in [5.41, 5.74) is 1.68. The Labute approximate surface area is 143 Å². The van der Waals surface area contributed by atoms with Crippen LogP contribution in [-0.4, -0.2) is 34.2 Å². The van der Waals surface area contributed by atoms with Crippen LogP contribution >= 0.6 is 0 Å². The molecule has 1 aromatic heterocycles. The first-order chi connectivity index (χ1) is 12.0. The van der Waals surface area contributed by atoms with Gasteiger partial charge in [0.2, 0.25) is 0 Å². The number of amides is 1. The Hall–Kier alpha value is -3.42. The van der Waals surface area contributed by atoms with E-state index >= 15 is 0 Å². The zero-order valence-corrected chi connectivity index (χ0v) is 13.5. The van der Waals surface area contributed by atoms with E-state index in [1.54, 1.807) is 0 Å². The molecule has 0 aliphatic carbocycles. The second-order valence-electron chi connectivity index (χ2n) is 5.48. The minimum absolute atomic E-state index is 0.0919. The van der Waals surface area contributed by atoms with Crippen LogP contribution in [0.3, 0.4) is 0 Å². The van der Waals surface area contributed by atoms with Crippen molar-refractivity contribution in [2.45, 2.75) is 6.92 Å². The highest BCUT2D eigenvalue weighted by atomic mass is 16.6. The molecule has 2 aromatic carbocycles. The third kappa shape index (κ3) is 3.74. The maximum Gasteiger partial charge on any atom is 0.272 e. The van der Waals surface area contributed by atoms with Crippen molar-refractivity contribution in [3.05, 3.63) is 63.8 Å². The number of hydrogen-bond acceptors (Lipinski definition) is 5. The Morgan fingerprint density at radius 2 is 2.16 bits per heavy atom. The third-order valence-electron chi connectivity index (χ3n) is 3.62. The molecule has 3 rings (SSSR count). The number of aromatic amines is 1.